The fourth-order valence-corrected chi connectivity index (χ4v) is 3.20. The Morgan fingerprint density at radius 2 is 1.83 bits per heavy atom. The average molecular weight is 403 g/mol. The summed E-state index contributed by atoms with van der Waals surface area (Å²) in [6, 6.07) is 5.74. The number of hydrogen-bond donors (Lipinski definition) is 1. The minimum atomic E-state index is -1.12. The number of hydrogen-bond acceptors (Lipinski definition) is 6. The highest BCUT2D eigenvalue weighted by atomic mass is 16.6. The van der Waals surface area contributed by atoms with Gasteiger partial charge in [-0.05, 0) is 46.8 Å². The molecule has 0 saturated carbocycles. The molecule has 156 valence electrons. The molecule has 0 aliphatic carbocycles. The normalized spacial score (nSPS) is 11.8. The summed E-state index contributed by atoms with van der Waals surface area (Å²) in [6.07, 6.45) is -1.12. The van der Waals surface area contributed by atoms with Crippen LogP contribution in [0, 0.1) is 24.0 Å². The smallest absolute Gasteiger partial charge is 0.340 e. The highest BCUT2D eigenvalue weighted by Gasteiger charge is 2.24. The number of carbonyl (C=O) groups excluding carboxylic acids is 2. The summed E-state index contributed by atoms with van der Waals surface area (Å²) in [5, 5.41) is 13.5. The Labute approximate surface area is 168 Å². The molecule has 29 heavy (non-hydrogen) atoms. The van der Waals surface area contributed by atoms with Crippen LogP contribution in [0.3, 0.4) is 0 Å². The van der Waals surface area contributed by atoms with Crippen molar-refractivity contribution in [3.05, 3.63) is 51.3 Å². The Kier molecular flexibility index (Phi) is 6.63. The van der Waals surface area contributed by atoms with Crippen molar-refractivity contribution in [1.82, 2.24) is 4.57 Å². The quantitative estimate of drug-likeness (QED) is 0.428. The molecule has 0 saturated heterocycles. The second-order valence-electron chi connectivity index (χ2n) is 6.93. The summed E-state index contributed by atoms with van der Waals surface area (Å²) in [6.45, 7) is 9.17. The molecule has 1 atom stereocenters. The van der Waals surface area contributed by atoms with Gasteiger partial charge in [0.25, 0.3) is 11.6 Å². The molecule has 2 aromatic rings. The maximum absolute atomic E-state index is 12.6. The lowest BCUT2D eigenvalue weighted by molar-refractivity contribution is -0.384. The maximum Gasteiger partial charge on any atom is 0.340 e. The lowest BCUT2D eigenvalue weighted by Crippen LogP contribution is -2.30. The molecular weight excluding hydrogens is 378 g/mol. The third kappa shape index (κ3) is 4.74. The molecule has 0 spiro atoms. The van der Waals surface area contributed by atoms with E-state index in [0.29, 0.717) is 5.56 Å². The Morgan fingerprint density at radius 3 is 2.34 bits per heavy atom. The molecule has 1 amide bonds. The Hall–Kier alpha value is -3.36. The van der Waals surface area contributed by atoms with E-state index in [1.165, 1.54) is 32.2 Å². The number of amides is 1. The van der Waals surface area contributed by atoms with E-state index in [9.17, 15) is 19.7 Å². The molecule has 0 radical (unpaired) electrons. The molecule has 1 N–H and O–H groups in total. The number of carbonyl (C=O) groups is 2. The average Bonchev–Trinajstić information content (AvgIpc) is 2.95. The fourth-order valence-electron chi connectivity index (χ4n) is 3.20. The van der Waals surface area contributed by atoms with Gasteiger partial charge in [-0.15, -0.1) is 0 Å². The topological polar surface area (TPSA) is 113 Å². The lowest BCUT2D eigenvalue weighted by Gasteiger charge is -2.16. The number of benzene rings is 1. The summed E-state index contributed by atoms with van der Waals surface area (Å²) in [4.78, 5) is 35.4. The van der Waals surface area contributed by atoms with E-state index in [2.05, 4.69) is 5.32 Å². The number of ether oxygens (including phenoxy) is 2. The van der Waals surface area contributed by atoms with Crippen molar-refractivity contribution in [3.8, 4) is 5.75 Å². The monoisotopic (exact) mass is 403 g/mol. The van der Waals surface area contributed by atoms with Crippen molar-refractivity contribution in [1.29, 1.82) is 0 Å². The molecule has 9 heteroatoms. The van der Waals surface area contributed by atoms with Crippen LogP contribution in [0.1, 0.15) is 48.6 Å². The minimum Gasteiger partial charge on any atom is -0.495 e. The highest BCUT2D eigenvalue weighted by molar-refractivity contribution is 5.98. The van der Waals surface area contributed by atoms with Gasteiger partial charge in [0.05, 0.1) is 23.3 Å². The molecule has 0 bridgehead atoms. The predicted octanol–water partition coefficient (Wildman–Crippen LogP) is 3.79. The predicted molar refractivity (Wildman–Crippen MR) is 107 cm³/mol. The van der Waals surface area contributed by atoms with Crippen molar-refractivity contribution in [3.63, 3.8) is 0 Å². The van der Waals surface area contributed by atoms with Crippen LogP contribution in [-0.2, 0) is 9.53 Å². The number of esters is 1. The van der Waals surface area contributed by atoms with Gasteiger partial charge in [0.2, 0.25) is 0 Å². The first-order valence-electron chi connectivity index (χ1n) is 9.09. The largest absolute Gasteiger partial charge is 0.495 e. The molecule has 9 nitrogen and oxygen atoms in total. The van der Waals surface area contributed by atoms with E-state index in [4.69, 9.17) is 9.47 Å². The molecule has 0 aliphatic heterocycles. The Balaban J connectivity index is 2.16. The number of methoxy groups -OCH3 is 1. The van der Waals surface area contributed by atoms with E-state index >= 15 is 0 Å². The standard InChI is InChI=1S/C20H25N3O6/c1-11(2)22-12(3)9-16(13(22)4)20(25)29-14(5)19(24)21-17-10-15(23(26)27)7-8-18(17)28-6/h7-11,14H,1-6H3,(H,21,24)/t14-/m0/s1. The van der Waals surface area contributed by atoms with Crippen molar-refractivity contribution < 1.29 is 24.0 Å². The van der Waals surface area contributed by atoms with Crippen LogP contribution < -0.4 is 10.1 Å². The second-order valence-corrected chi connectivity index (χ2v) is 6.93. The zero-order valence-corrected chi connectivity index (χ0v) is 17.3. The molecule has 1 aromatic carbocycles. The van der Waals surface area contributed by atoms with Crippen LogP contribution >= 0.6 is 0 Å². The van der Waals surface area contributed by atoms with E-state index in [1.54, 1.807) is 6.07 Å². The van der Waals surface area contributed by atoms with Gasteiger partial charge in [-0.3, -0.25) is 14.9 Å². The summed E-state index contributed by atoms with van der Waals surface area (Å²) in [5.74, 6) is -0.989. The number of rotatable bonds is 7. The van der Waals surface area contributed by atoms with Gasteiger partial charge in [-0.25, -0.2) is 4.79 Å². The molecule has 0 unspecified atom stereocenters. The SMILES string of the molecule is COc1ccc([N+](=O)[O-])cc1NC(=O)[C@H](C)OC(=O)c1cc(C)n(C(C)C)c1C. The Morgan fingerprint density at radius 1 is 1.17 bits per heavy atom. The van der Waals surface area contributed by atoms with Gasteiger partial charge < -0.3 is 19.4 Å². The zero-order valence-electron chi connectivity index (χ0n) is 17.3. The van der Waals surface area contributed by atoms with Crippen molar-refractivity contribution in [2.24, 2.45) is 0 Å². The summed E-state index contributed by atoms with van der Waals surface area (Å²) >= 11 is 0. The fraction of sp³-hybridized carbons (Fsp3) is 0.400. The van der Waals surface area contributed by atoms with Crippen molar-refractivity contribution in [2.75, 3.05) is 12.4 Å². The third-order valence-electron chi connectivity index (χ3n) is 4.53. The maximum atomic E-state index is 12.6. The summed E-state index contributed by atoms with van der Waals surface area (Å²) in [5.41, 5.74) is 1.99. The minimum absolute atomic E-state index is 0.118. The molecule has 1 aromatic heterocycles. The lowest BCUT2D eigenvalue weighted by atomic mass is 10.2. The van der Waals surface area contributed by atoms with Gasteiger partial charge >= 0.3 is 5.97 Å². The molecule has 2 rings (SSSR count). The number of non-ortho nitro benzene ring substituents is 1. The first kappa shape index (κ1) is 21.9. The number of nitro groups is 1. The van der Waals surface area contributed by atoms with E-state index in [1.807, 2.05) is 32.3 Å². The highest BCUT2D eigenvalue weighted by Crippen LogP contribution is 2.29. The first-order valence-corrected chi connectivity index (χ1v) is 9.09. The number of aromatic nitrogens is 1. The number of nitrogens with one attached hydrogen (secondary N) is 1. The number of nitrogens with zero attached hydrogens (tertiary/aromatic N) is 2. The Bertz CT molecular complexity index is 948. The van der Waals surface area contributed by atoms with Crippen LogP contribution in [0.15, 0.2) is 24.3 Å². The zero-order chi connectivity index (χ0) is 21.9. The van der Waals surface area contributed by atoms with Crippen LogP contribution in [-0.4, -0.2) is 34.6 Å². The van der Waals surface area contributed by atoms with Crippen LogP contribution in [0.2, 0.25) is 0 Å². The second kappa shape index (κ2) is 8.76. The van der Waals surface area contributed by atoms with Gasteiger partial charge in [-0.1, -0.05) is 0 Å². The van der Waals surface area contributed by atoms with Gasteiger partial charge in [0.15, 0.2) is 6.10 Å². The molecule has 0 fully saturated rings. The number of anilines is 1. The van der Waals surface area contributed by atoms with Gasteiger partial charge in [-0.2, -0.15) is 0 Å². The summed E-state index contributed by atoms with van der Waals surface area (Å²) < 4.78 is 12.4. The van der Waals surface area contributed by atoms with E-state index < -0.39 is 22.9 Å². The summed E-state index contributed by atoms with van der Waals surface area (Å²) in [7, 11) is 1.38. The van der Waals surface area contributed by atoms with Crippen LogP contribution in [0.5, 0.6) is 5.75 Å². The number of nitro benzene ring substituents is 1. The van der Waals surface area contributed by atoms with Gasteiger partial charge in [0, 0.05) is 29.6 Å². The van der Waals surface area contributed by atoms with E-state index in [0.717, 1.165) is 11.4 Å². The van der Waals surface area contributed by atoms with Crippen LogP contribution in [0.4, 0.5) is 11.4 Å². The molecule has 1 heterocycles. The number of aryl methyl sites for hydroxylation is 1. The molecule has 0 aliphatic rings. The third-order valence-corrected chi connectivity index (χ3v) is 4.53. The molecular formula is C20H25N3O6. The van der Waals surface area contributed by atoms with E-state index in [-0.39, 0.29) is 23.2 Å². The van der Waals surface area contributed by atoms with Crippen LogP contribution in [0.25, 0.3) is 0 Å². The van der Waals surface area contributed by atoms with Crippen molar-refractivity contribution in [2.45, 2.75) is 46.8 Å². The van der Waals surface area contributed by atoms with Gasteiger partial charge in [0.1, 0.15) is 5.75 Å². The first-order chi connectivity index (χ1) is 13.6. The van der Waals surface area contributed by atoms with Crippen molar-refractivity contribution >= 4 is 23.3 Å².